The molecule has 2 aromatic rings. The maximum atomic E-state index is 10.8. The number of hydrogen-bond acceptors (Lipinski definition) is 5. The van der Waals surface area contributed by atoms with Gasteiger partial charge < -0.3 is 15.4 Å². The van der Waals surface area contributed by atoms with Crippen LogP contribution in [0.15, 0.2) is 53.5 Å². The van der Waals surface area contributed by atoms with Crippen LogP contribution in [0.3, 0.4) is 0 Å². The van der Waals surface area contributed by atoms with Gasteiger partial charge in [0.1, 0.15) is 5.75 Å². The second-order valence-corrected chi connectivity index (χ2v) is 7.23. The average Bonchev–Trinajstić information content (AvgIpc) is 3.31. The van der Waals surface area contributed by atoms with Crippen molar-refractivity contribution in [3.63, 3.8) is 0 Å². The highest BCUT2D eigenvalue weighted by Crippen LogP contribution is 2.31. The predicted octanol–water partition coefficient (Wildman–Crippen LogP) is 3.11. The fourth-order valence-corrected chi connectivity index (χ4v) is 3.77. The van der Waals surface area contributed by atoms with Gasteiger partial charge in [0.2, 0.25) is 0 Å². The number of aliphatic imine (C=N–C) groups is 1. The standard InChI is InChI=1S/C22H29N5O3/c1-23-22(24-15-17-9-11-18(12-10-17)27(28)29)25-16-20(26-13-5-6-14-26)19-7-3-4-8-21(19)30-2/h3-4,7-12,20H,5-6,13-16H2,1-2H3,(H2,23,24,25). The molecule has 1 heterocycles. The minimum atomic E-state index is -0.395. The molecule has 0 spiro atoms. The summed E-state index contributed by atoms with van der Waals surface area (Å²) in [7, 11) is 3.44. The number of likely N-dealkylation sites (tertiary alicyclic amines) is 1. The largest absolute Gasteiger partial charge is 0.496 e. The quantitative estimate of drug-likeness (QED) is 0.300. The highest BCUT2D eigenvalue weighted by atomic mass is 16.6. The molecular formula is C22H29N5O3. The molecule has 2 aromatic carbocycles. The maximum Gasteiger partial charge on any atom is 0.269 e. The molecule has 30 heavy (non-hydrogen) atoms. The summed E-state index contributed by atoms with van der Waals surface area (Å²) in [4.78, 5) is 17.2. The van der Waals surface area contributed by atoms with Crippen molar-refractivity contribution in [1.29, 1.82) is 0 Å². The second-order valence-electron chi connectivity index (χ2n) is 7.23. The van der Waals surface area contributed by atoms with Crippen LogP contribution in [0.1, 0.15) is 30.0 Å². The van der Waals surface area contributed by atoms with Gasteiger partial charge in [0.15, 0.2) is 5.96 Å². The molecule has 0 aliphatic carbocycles. The Hall–Kier alpha value is -3.13. The number of benzene rings is 2. The minimum Gasteiger partial charge on any atom is -0.496 e. The zero-order valence-electron chi connectivity index (χ0n) is 17.5. The van der Waals surface area contributed by atoms with E-state index in [1.165, 1.54) is 30.5 Å². The van der Waals surface area contributed by atoms with Crippen molar-refractivity contribution >= 4 is 11.6 Å². The summed E-state index contributed by atoms with van der Waals surface area (Å²) in [5.41, 5.74) is 2.20. The molecule has 1 atom stereocenters. The third-order valence-corrected chi connectivity index (χ3v) is 5.37. The number of ether oxygens (including phenoxy) is 1. The summed E-state index contributed by atoms with van der Waals surface area (Å²) in [6.45, 7) is 3.36. The molecule has 1 aliphatic heterocycles. The lowest BCUT2D eigenvalue weighted by Crippen LogP contribution is -2.42. The molecule has 0 saturated carbocycles. The van der Waals surface area contributed by atoms with Gasteiger partial charge in [-0.3, -0.25) is 20.0 Å². The van der Waals surface area contributed by atoms with Gasteiger partial charge in [-0.05, 0) is 37.6 Å². The van der Waals surface area contributed by atoms with E-state index in [0.717, 1.165) is 24.4 Å². The highest BCUT2D eigenvalue weighted by molar-refractivity contribution is 5.79. The Morgan fingerprint density at radius 2 is 1.87 bits per heavy atom. The Balaban J connectivity index is 1.63. The maximum absolute atomic E-state index is 10.8. The lowest BCUT2D eigenvalue weighted by atomic mass is 10.0. The Labute approximate surface area is 177 Å². The van der Waals surface area contributed by atoms with Crippen LogP contribution in [0, 0.1) is 10.1 Å². The molecule has 0 radical (unpaired) electrons. The van der Waals surface area contributed by atoms with Gasteiger partial charge in [0.05, 0.1) is 18.1 Å². The number of methoxy groups -OCH3 is 1. The average molecular weight is 412 g/mol. The summed E-state index contributed by atoms with van der Waals surface area (Å²) in [6, 6.07) is 14.9. The number of nitrogens with one attached hydrogen (secondary N) is 2. The summed E-state index contributed by atoms with van der Waals surface area (Å²) >= 11 is 0. The SMILES string of the molecule is CN=C(NCc1ccc([N+](=O)[O-])cc1)NCC(c1ccccc1OC)N1CCCC1. The summed E-state index contributed by atoms with van der Waals surface area (Å²) in [5, 5.41) is 17.5. The van der Waals surface area contributed by atoms with E-state index in [-0.39, 0.29) is 11.7 Å². The van der Waals surface area contributed by atoms with Gasteiger partial charge >= 0.3 is 0 Å². The van der Waals surface area contributed by atoms with Crippen molar-refractivity contribution in [3.05, 3.63) is 69.8 Å². The minimum absolute atomic E-state index is 0.0894. The molecule has 3 rings (SSSR count). The van der Waals surface area contributed by atoms with Crippen LogP contribution >= 0.6 is 0 Å². The number of guanidine groups is 1. The van der Waals surface area contributed by atoms with Gasteiger partial charge in [-0.15, -0.1) is 0 Å². The highest BCUT2D eigenvalue weighted by Gasteiger charge is 2.26. The van der Waals surface area contributed by atoms with Crippen molar-refractivity contribution < 1.29 is 9.66 Å². The van der Waals surface area contributed by atoms with E-state index in [9.17, 15) is 10.1 Å². The van der Waals surface area contributed by atoms with Crippen LogP contribution in [0.25, 0.3) is 0 Å². The van der Waals surface area contributed by atoms with E-state index in [4.69, 9.17) is 4.74 Å². The van der Waals surface area contributed by atoms with E-state index < -0.39 is 4.92 Å². The molecule has 1 unspecified atom stereocenters. The number of nitro benzene ring substituents is 1. The molecule has 1 aliphatic rings. The number of hydrogen-bond donors (Lipinski definition) is 2. The molecule has 2 N–H and O–H groups in total. The molecule has 0 amide bonds. The van der Waals surface area contributed by atoms with E-state index in [2.05, 4.69) is 26.6 Å². The summed E-state index contributed by atoms with van der Waals surface area (Å²) in [6.07, 6.45) is 2.41. The number of non-ortho nitro benzene ring substituents is 1. The smallest absolute Gasteiger partial charge is 0.269 e. The zero-order chi connectivity index (χ0) is 21.3. The molecule has 1 saturated heterocycles. The van der Waals surface area contributed by atoms with Crippen LogP contribution in [0.2, 0.25) is 0 Å². The number of para-hydroxylation sites is 1. The van der Waals surface area contributed by atoms with E-state index in [0.29, 0.717) is 19.0 Å². The third kappa shape index (κ3) is 5.48. The lowest BCUT2D eigenvalue weighted by Gasteiger charge is -2.30. The van der Waals surface area contributed by atoms with Crippen LogP contribution in [-0.4, -0.2) is 49.6 Å². The van der Waals surface area contributed by atoms with Crippen LogP contribution < -0.4 is 15.4 Å². The molecule has 8 nitrogen and oxygen atoms in total. The molecule has 8 heteroatoms. The van der Waals surface area contributed by atoms with E-state index >= 15 is 0 Å². The van der Waals surface area contributed by atoms with Gasteiger partial charge in [-0.1, -0.05) is 30.3 Å². The number of nitrogens with zero attached hydrogens (tertiary/aromatic N) is 3. The predicted molar refractivity (Wildman–Crippen MR) is 118 cm³/mol. The Kier molecular flexibility index (Phi) is 7.62. The normalized spacial score (nSPS) is 15.6. The number of nitro groups is 1. The molecular weight excluding hydrogens is 382 g/mol. The van der Waals surface area contributed by atoms with Gasteiger partial charge in [0, 0.05) is 37.8 Å². The Morgan fingerprint density at radius 1 is 1.17 bits per heavy atom. The third-order valence-electron chi connectivity index (χ3n) is 5.37. The van der Waals surface area contributed by atoms with Crippen molar-refractivity contribution in [2.75, 3.05) is 33.8 Å². The van der Waals surface area contributed by atoms with Crippen LogP contribution in [-0.2, 0) is 6.54 Å². The van der Waals surface area contributed by atoms with Gasteiger partial charge in [-0.25, -0.2) is 0 Å². The monoisotopic (exact) mass is 411 g/mol. The molecule has 160 valence electrons. The number of rotatable bonds is 8. The first-order chi connectivity index (χ1) is 14.6. The fraction of sp³-hybridized carbons (Fsp3) is 0.409. The second kappa shape index (κ2) is 10.6. The summed E-state index contributed by atoms with van der Waals surface area (Å²) in [5.74, 6) is 1.58. The summed E-state index contributed by atoms with van der Waals surface area (Å²) < 4.78 is 5.60. The van der Waals surface area contributed by atoms with Crippen molar-refractivity contribution in [2.45, 2.75) is 25.4 Å². The Bertz CT molecular complexity index is 863. The van der Waals surface area contributed by atoms with Crippen LogP contribution in [0.5, 0.6) is 5.75 Å². The molecule has 0 bridgehead atoms. The first-order valence-corrected chi connectivity index (χ1v) is 10.2. The van der Waals surface area contributed by atoms with Crippen molar-refractivity contribution in [2.24, 2.45) is 4.99 Å². The molecule has 0 aromatic heterocycles. The fourth-order valence-electron chi connectivity index (χ4n) is 3.77. The van der Waals surface area contributed by atoms with E-state index in [1.54, 1.807) is 26.3 Å². The topological polar surface area (TPSA) is 92.0 Å². The zero-order valence-corrected chi connectivity index (χ0v) is 17.5. The first kappa shape index (κ1) is 21.6. The molecule has 1 fully saturated rings. The first-order valence-electron chi connectivity index (χ1n) is 10.2. The van der Waals surface area contributed by atoms with Gasteiger partial charge in [-0.2, -0.15) is 0 Å². The van der Waals surface area contributed by atoms with E-state index in [1.807, 2.05) is 18.2 Å². The Morgan fingerprint density at radius 3 is 2.50 bits per heavy atom. The lowest BCUT2D eigenvalue weighted by molar-refractivity contribution is -0.384. The van der Waals surface area contributed by atoms with Gasteiger partial charge in [0.25, 0.3) is 5.69 Å². The van der Waals surface area contributed by atoms with Crippen molar-refractivity contribution in [3.8, 4) is 5.75 Å². The van der Waals surface area contributed by atoms with Crippen molar-refractivity contribution in [1.82, 2.24) is 15.5 Å². The van der Waals surface area contributed by atoms with Crippen LogP contribution in [0.4, 0.5) is 5.69 Å².